The van der Waals surface area contributed by atoms with Gasteiger partial charge in [0.1, 0.15) is 5.71 Å². The van der Waals surface area contributed by atoms with E-state index in [1.54, 1.807) is 61.4 Å². The molecule has 0 saturated carbocycles. The summed E-state index contributed by atoms with van der Waals surface area (Å²) in [6.07, 6.45) is 8.86. The van der Waals surface area contributed by atoms with Crippen LogP contribution in [0.1, 0.15) is 37.6 Å². The van der Waals surface area contributed by atoms with Crippen LogP contribution in [0.25, 0.3) is 17.7 Å². The molecular formula is C25H26F2N6O2. The number of aromatic nitrogens is 3. The van der Waals surface area contributed by atoms with Crippen molar-refractivity contribution in [1.82, 2.24) is 19.8 Å². The van der Waals surface area contributed by atoms with Gasteiger partial charge in [-0.05, 0) is 55.3 Å². The van der Waals surface area contributed by atoms with E-state index in [0.29, 0.717) is 28.4 Å². The van der Waals surface area contributed by atoms with Crippen LogP contribution in [0.15, 0.2) is 70.9 Å². The zero-order chi connectivity index (χ0) is 25.5. The second kappa shape index (κ2) is 11.3. The number of aliphatic imine (C=N–C) groups is 1. The maximum atomic E-state index is 12.7. The number of halogens is 2. The van der Waals surface area contributed by atoms with Gasteiger partial charge in [-0.15, -0.1) is 0 Å². The van der Waals surface area contributed by atoms with E-state index in [9.17, 15) is 13.6 Å². The number of dihydropyridines is 1. The van der Waals surface area contributed by atoms with E-state index >= 15 is 0 Å². The van der Waals surface area contributed by atoms with Gasteiger partial charge in [0, 0.05) is 49.9 Å². The molecule has 2 aromatic rings. The van der Waals surface area contributed by atoms with Crippen molar-refractivity contribution in [2.24, 2.45) is 17.1 Å². The van der Waals surface area contributed by atoms with Crippen LogP contribution in [0.3, 0.4) is 0 Å². The Labute approximate surface area is 202 Å². The molecule has 0 fully saturated rings. The van der Waals surface area contributed by atoms with Crippen LogP contribution in [-0.2, 0) is 16.6 Å². The van der Waals surface area contributed by atoms with E-state index in [2.05, 4.69) is 26.8 Å². The first kappa shape index (κ1) is 25.4. The Morgan fingerprint density at radius 1 is 1.26 bits per heavy atom. The van der Waals surface area contributed by atoms with Gasteiger partial charge in [0.2, 0.25) is 11.8 Å². The van der Waals surface area contributed by atoms with Gasteiger partial charge in [-0.3, -0.25) is 14.5 Å². The fourth-order valence-corrected chi connectivity index (χ4v) is 3.34. The summed E-state index contributed by atoms with van der Waals surface area (Å²) in [5, 5.41) is 10.1. The smallest absolute Gasteiger partial charge is 0.272 e. The molecule has 0 radical (unpaired) electrons. The Kier molecular flexibility index (Phi) is 8.19. The number of alkyl halides is 2. The first-order valence-electron chi connectivity index (χ1n) is 10.7. The second-order valence-electron chi connectivity index (χ2n) is 7.64. The number of ether oxygens (including phenoxy) is 1. The number of hydrazone groups is 1. The number of carbonyl (C=O) groups excluding carboxylic acids is 1. The fourth-order valence-electron chi connectivity index (χ4n) is 3.34. The molecule has 8 nitrogen and oxygen atoms in total. The lowest BCUT2D eigenvalue weighted by molar-refractivity contribution is -0.126. The van der Waals surface area contributed by atoms with Gasteiger partial charge in [-0.1, -0.05) is 6.58 Å². The summed E-state index contributed by atoms with van der Waals surface area (Å²) in [7, 11) is 1.79. The van der Waals surface area contributed by atoms with Crippen molar-refractivity contribution in [2.45, 2.75) is 27.2 Å². The summed E-state index contributed by atoms with van der Waals surface area (Å²) < 4.78 is 32.1. The van der Waals surface area contributed by atoms with E-state index in [4.69, 9.17) is 4.74 Å². The van der Waals surface area contributed by atoms with Gasteiger partial charge in [-0.25, -0.2) is 18.8 Å². The average Bonchev–Trinajstić information content (AvgIpc) is 3.20. The van der Waals surface area contributed by atoms with Gasteiger partial charge in [0.25, 0.3) is 6.43 Å². The van der Waals surface area contributed by atoms with Gasteiger partial charge >= 0.3 is 0 Å². The zero-order valence-corrected chi connectivity index (χ0v) is 19.9. The Bertz CT molecular complexity index is 1260. The summed E-state index contributed by atoms with van der Waals surface area (Å²) in [4.78, 5) is 21.0. The van der Waals surface area contributed by atoms with Crippen molar-refractivity contribution in [2.75, 3.05) is 6.61 Å². The van der Waals surface area contributed by atoms with Crippen molar-refractivity contribution >= 4 is 35.2 Å². The van der Waals surface area contributed by atoms with Crippen molar-refractivity contribution in [3.05, 3.63) is 77.7 Å². The molecule has 0 aromatic carbocycles. The topological polar surface area (TPSA) is 85.0 Å². The number of aryl methyl sites for hydroxylation is 1. The molecule has 0 saturated heterocycles. The van der Waals surface area contributed by atoms with Crippen molar-refractivity contribution < 1.29 is 18.3 Å². The van der Waals surface area contributed by atoms with E-state index in [-0.39, 0.29) is 11.8 Å². The number of hydrogen-bond donors (Lipinski definition) is 0. The maximum absolute atomic E-state index is 12.7. The van der Waals surface area contributed by atoms with Gasteiger partial charge in [0.05, 0.1) is 11.4 Å². The minimum atomic E-state index is -2.64. The van der Waals surface area contributed by atoms with Crippen LogP contribution in [-0.4, -0.2) is 50.3 Å². The molecule has 3 rings (SSSR count). The van der Waals surface area contributed by atoms with Crippen LogP contribution >= 0.6 is 0 Å². The number of amides is 1. The summed E-state index contributed by atoms with van der Waals surface area (Å²) in [6, 6.07) is 3.58. The molecule has 182 valence electrons. The quantitative estimate of drug-likeness (QED) is 0.538. The molecule has 3 heterocycles. The molecule has 1 aliphatic rings. The number of rotatable bonds is 7. The zero-order valence-electron chi connectivity index (χ0n) is 19.9. The predicted molar refractivity (Wildman–Crippen MR) is 132 cm³/mol. The number of pyridine rings is 1. The summed E-state index contributed by atoms with van der Waals surface area (Å²) in [5.41, 5.74) is 4.24. The second-order valence-corrected chi connectivity index (χ2v) is 7.64. The summed E-state index contributed by atoms with van der Waals surface area (Å²) in [6.45, 7) is 7.95. The number of allylic oxidation sites excluding steroid dienone is 3. The third-order valence-electron chi connectivity index (χ3n) is 4.96. The highest BCUT2D eigenvalue weighted by atomic mass is 19.3. The third-order valence-corrected chi connectivity index (χ3v) is 4.96. The van der Waals surface area contributed by atoms with E-state index in [0.717, 1.165) is 11.1 Å². The minimum absolute atomic E-state index is 0.0280. The highest BCUT2D eigenvalue weighted by Crippen LogP contribution is 2.24. The van der Waals surface area contributed by atoms with Gasteiger partial charge in [-0.2, -0.15) is 10.2 Å². The normalized spacial score (nSPS) is 16.4. The lowest BCUT2D eigenvalue weighted by Gasteiger charge is -2.20. The van der Waals surface area contributed by atoms with Crippen LogP contribution in [0.4, 0.5) is 8.78 Å². The summed E-state index contributed by atoms with van der Waals surface area (Å²) >= 11 is 0. The summed E-state index contributed by atoms with van der Waals surface area (Å²) in [5.74, 6) is -0.298. The molecule has 35 heavy (non-hydrogen) atoms. The molecule has 0 spiro atoms. The number of carbonyl (C=O) groups is 1. The first-order chi connectivity index (χ1) is 16.7. The molecule has 2 aromatic heterocycles. The molecular weight excluding hydrogens is 454 g/mol. The first-order valence-corrected chi connectivity index (χ1v) is 10.7. The number of hydrogen-bond acceptors (Lipinski definition) is 6. The Morgan fingerprint density at radius 3 is 2.60 bits per heavy atom. The lowest BCUT2D eigenvalue weighted by Crippen LogP contribution is -2.24. The minimum Gasteiger partial charge on any atom is -0.472 e. The molecule has 1 aliphatic heterocycles. The van der Waals surface area contributed by atoms with Crippen molar-refractivity contribution in [1.29, 1.82) is 0 Å². The lowest BCUT2D eigenvalue weighted by atomic mass is 10.0. The van der Waals surface area contributed by atoms with Crippen LogP contribution in [0, 0.1) is 0 Å². The number of nitrogens with zero attached hydrogens (tertiary/aromatic N) is 6. The maximum Gasteiger partial charge on any atom is 0.272 e. The SMILES string of the molecule is C=Cc1nn(C)cc1/C=C(\C)N(/N=C1/C=CC(OCC(F)F)=N/C1=C(/C)c1ccncc1)C(C)=O. The third kappa shape index (κ3) is 6.44. The largest absolute Gasteiger partial charge is 0.472 e. The molecule has 0 atom stereocenters. The van der Waals surface area contributed by atoms with Gasteiger partial charge < -0.3 is 4.74 Å². The molecule has 0 N–H and O–H groups in total. The van der Waals surface area contributed by atoms with Crippen LogP contribution < -0.4 is 0 Å². The molecule has 0 bridgehead atoms. The Hall–Kier alpha value is -4.21. The Morgan fingerprint density at radius 2 is 1.97 bits per heavy atom. The standard InChI is InChI=1S/C25H26F2N6O2/c1-6-21-20(14-32(5)30-21)13-16(2)33(18(4)34)31-22-7-8-24(35-15-23(26)27)29-25(22)17(3)19-9-11-28-12-10-19/h6-14,23H,1,15H2,2-5H3/b16-13+,25-17-,31-22-. The van der Waals surface area contributed by atoms with E-state index < -0.39 is 13.0 Å². The average molecular weight is 481 g/mol. The molecule has 10 heteroatoms. The predicted octanol–water partition coefficient (Wildman–Crippen LogP) is 4.70. The van der Waals surface area contributed by atoms with Crippen LogP contribution in [0.5, 0.6) is 0 Å². The highest BCUT2D eigenvalue weighted by Gasteiger charge is 2.20. The molecule has 0 unspecified atom stereocenters. The highest BCUT2D eigenvalue weighted by molar-refractivity contribution is 6.18. The van der Waals surface area contributed by atoms with E-state index in [1.165, 1.54) is 18.0 Å². The van der Waals surface area contributed by atoms with Crippen molar-refractivity contribution in [3.63, 3.8) is 0 Å². The molecule has 1 amide bonds. The van der Waals surface area contributed by atoms with Crippen LogP contribution in [0.2, 0.25) is 0 Å². The fraction of sp³-hybridized carbons (Fsp3) is 0.240. The molecule has 0 aliphatic carbocycles. The van der Waals surface area contributed by atoms with Gasteiger partial charge in [0.15, 0.2) is 6.61 Å². The monoisotopic (exact) mass is 480 g/mol. The van der Waals surface area contributed by atoms with E-state index in [1.807, 2.05) is 13.1 Å². The Balaban J connectivity index is 2.07. The van der Waals surface area contributed by atoms with Crippen molar-refractivity contribution in [3.8, 4) is 0 Å².